The predicted molar refractivity (Wildman–Crippen MR) is 63.7 cm³/mol. The second-order valence-electron chi connectivity index (χ2n) is 3.56. The third kappa shape index (κ3) is 5.23. The average molecular weight is 205 g/mol. The van der Waals surface area contributed by atoms with Crippen LogP contribution in [0, 0.1) is 6.92 Å². The summed E-state index contributed by atoms with van der Waals surface area (Å²) in [6.07, 6.45) is 2.50. The van der Waals surface area contributed by atoms with Crippen molar-refractivity contribution in [2.75, 3.05) is 13.2 Å². The van der Waals surface area contributed by atoms with E-state index in [-0.39, 0.29) is 0 Å². The van der Waals surface area contributed by atoms with Gasteiger partial charge in [0.1, 0.15) is 0 Å². The largest absolute Gasteiger partial charge is 0.502 e. The van der Waals surface area contributed by atoms with Crippen LogP contribution in [0.3, 0.4) is 0 Å². The topological polar surface area (TPSA) is 21.3 Å². The van der Waals surface area contributed by atoms with Gasteiger partial charge in [0.25, 0.3) is 0 Å². The first-order valence-corrected chi connectivity index (χ1v) is 5.31. The number of rotatable bonds is 7. The quantitative estimate of drug-likeness (QED) is 0.546. The molecule has 0 fully saturated rings. The van der Waals surface area contributed by atoms with Crippen LogP contribution in [0.1, 0.15) is 17.5 Å². The molecule has 0 atom stereocenters. The van der Waals surface area contributed by atoms with Gasteiger partial charge in [-0.2, -0.15) is 0 Å². The summed E-state index contributed by atoms with van der Waals surface area (Å²) in [6, 6.07) is 8.54. The fraction of sp³-hybridized carbons (Fsp3) is 0.385. The molecule has 1 N–H and O–H groups in total. The maximum atomic E-state index is 5.03. The van der Waals surface area contributed by atoms with Crippen molar-refractivity contribution in [1.29, 1.82) is 0 Å². The number of hydrogen-bond acceptors (Lipinski definition) is 2. The van der Waals surface area contributed by atoms with Crippen molar-refractivity contribution in [3.05, 3.63) is 48.2 Å². The molecule has 0 aliphatic rings. The van der Waals surface area contributed by atoms with Crippen molar-refractivity contribution in [2.45, 2.75) is 19.9 Å². The molecule has 15 heavy (non-hydrogen) atoms. The Hall–Kier alpha value is -1.28. The van der Waals surface area contributed by atoms with Gasteiger partial charge < -0.3 is 10.1 Å². The Morgan fingerprint density at radius 3 is 3.07 bits per heavy atom. The number of ether oxygens (including phenoxy) is 1. The van der Waals surface area contributed by atoms with Crippen molar-refractivity contribution >= 4 is 0 Å². The van der Waals surface area contributed by atoms with Crippen LogP contribution >= 0.6 is 0 Å². The molecule has 0 spiro atoms. The summed E-state index contributed by atoms with van der Waals surface area (Å²) in [5.74, 6) is 0. The molecular formula is C13H19NO. The molecule has 1 aromatic carbocycles. The van der Waals surface area contributed by atoms with Gasteiger partial charge in [0.2, 0.25) is 0 Å². The summed E-state index contributed by atoms with van der Waals surface area (Å²) < 4.78 is 5.03. The number of aryl methyl sites for hydroxylation is 1. The van der Waals surface area contributed by atoms with E-state index >= 15 is 0 Å². The van der Waals surface area contributed by atoms with Crippen LogP contribution in [0.5, 0.6) is 0 Å². The molecule has 0 amide bonds. The normalized spacial score (nSPS) is 9.93. The Morgan fingerprint density at radius 1 is 1.47 bits per heavy atom. The van der Waals surface area contributed by atoms with Gasteiger partial charge in [-0.25, -0.2) is 0 Å². The van der Waals surface area contributed by atoms with Crippen LogP contribution in [-0.2, 0) is 11.3 Å². The van der Waals surface area contributed by atoms with E-state index in [4.69, 9.17) is 4.74 Å². The van der Waals surface area contributed by atoms with Crippen molar-refractivity contribution < 1.29 is 4.74 Å². The van der Waals surface area contributed by atoms with Gasteiger partial charge in [-0.05, 0) is 25.5 Å². The molecule has 0 aliphatic carbocycles. The molecule has 1 rings (SSSR count). The third-order valence-corrected chi connectivity index (χ3v) is 2.15. The molecule has 0 saturated heterocycles. The van der Waals surface area contributed by atoms with Gasteiger partial charge in [-0.3, -0.25) is 0 Å². The molecule has 0 unspecified atom stereocenters. The van der Waals surface area contributed by atoms with Gasteiger partial charge in [0, 0.05) is 6.54 Å². The highest BCUT2D eigenvalue weighted by molar-refractivity contribution is 5.21. The van der Waals surface area contributed by atoms with Crippen molar-refractivity contribution in [3.8, 4) is 0 Å². The molecule has 2 nitrogen and oxygen atoms in total. The van der Waals surface area contributed by atoms with Crippen LogP contribution < -0.4 is 5.32 Å². The summed E-state index contributed by atoms with van der Waals surface area (Å²) in [5.41, 5.74) is 2.64. The van der Waals surface area contributed by atoms with Crippen LogP contribution in [0.2, 0.25) is 0 Å². The maximum absolute atomic E-state index is 5.03. The first-order chi connectivity index (χ1) is 7.33. The zero-order valence-corrected chi connectivity index (χ0v) is 9.33. The summed E-state index contributed by atoms with van der Waals surface area (Å²) in [7, 11) is 0. The van der Waals surface area contributed by atoms with Gasteiger partial charge >= 0.3 is 0 Å². The van der Waals surface area contributed by atoms with E-state index in [1.165, 1.54) is 17.4 Å². The zero-order chi connectivity index (χ0) is 10.9. The fourth-order valence-corrected chi connectivity index (χ4v) is 1.42. The summed E-state index contributed by atoms with van der Waals surface area (Å²) in [6.45, 7) is 8.25. The number of benzene rings is 1. The summed E-state index contributed by atoms with van der Waals surface area (Å²) in [5, 5.41) is 3.37. The molecule has 0 aliphatic heterocycles. The molecule has 0 aromatic heterocycles. The van der Waals surface area contributed by atoms with Crippen LogP contribution in [0.4, 0.5) is 0 Å². The highest BCUT2D eigenvalue weighted by atomic mass is 16.5. The summed E-state index contributed by atoms with van der Waals surface area (Å²) >= 11 is 0. The molecule has 0 radical (unpaired) electrons. The lowest BCUT2D eigenvalue weighted by molar-refractivity contribution is 0.244. The highest BCUT2D eigenvalue weighted by Crippen LogP contribution is 2.02. The van der Waals surface area contributed by atoms with E-state index in [9.17, 15) is 0 Å². The highest BCUT2D eigenvalue weighted by Gasteiger charge is 1.92. The maximum Gasteiger partial charge on any atom is 0.0885 e. The Kier molecular flexibility index (Phi) is 5.56. The lowest BCUT2D eigenvalue weighted by Crippen LogP contribution is -2.15. The molecule has 0 heterocycles. The Morgan fingerprint density at radius 2 is 2.33 bits per heavy atom. The molecule has 82 valence electrons. The molecule has 2 heteroatoms. The third-order valence-electron chi connectivity index (χ3n) is 2.15. The van der Waals surface area contributed by atoms with E-state index in [2.05, 4.69) is 43.1 Å². The fourth-order valence-electron chi connectivity index (χ4n) is 1.42. The van der Waals surface area contributed by atoms with Crippen molar-refractivity contribution in [2.24, 2.45) is 0 Å². The van der Waals surface area contributed by atoms with Crippen LogP contribution in [0.15, 0.2) is 37.1 Å². The van der Waals surface area contributed by atoms with Crippen LogP contribution in [0.25, 0.3) is 0 Å². The van der Waals surface area contributed by atoms with Crippen LogP contribution in [-0.4, -0.2) is 13.2 Å². The average Bonchev–Trinajstić information content (AvgIpc) is 2.23. The monoisotopic (exact) mass is 205 g/mol. The van der Waals surface area contributed by atoms with Gasteiger partial charge in [-0.15, -0.1) is 0 Å². The second kappa shape index (κ2) is 7.07. The molecule has 0 bridgehead atoms. The number of hydrogen-bond donors (Lipinski definition) is 1. The first-order valence-electron chi connectivity index (χ1n) is 5.31. The zero-order valence-electron chi connectivity index (χ0n) is 9.33. The SMILES string of the molecule is C=COCCCNCc1cccc(C)c1. The minimum Gasteiger partial charge on any atom is -0.502 e. The van der Waals surface area contributed by atoms with E-state index in [0.29, 0.717) is 0 Å². The summed E-state index contributed by atoms with van der Waals surface area (Å²) in [4.78, 5) is 0. The molecule has 1 aromatic rings. The minimum absolute atomic E-state index is 0.740. The Bertz CT molecular complexity index is 296. The van der Waals surface area contributed by atoms with Gasteiger partial charge in [0.15, 0.2) is 0 Å². The van der Waals surface area contributed by atoms with E-state index in [0.717, 1.165) is 26.1 Å². The van der Waals surface area contributed by atoms with E-state index < -0.39 is 0 Å². The number of nitrogens with one attached hydrogen (secondary N) is 1. The first kappa shape index (κ1) is 11.8. The molecular weight excluding hydrogens is 186 g/mol. The lowest BCUT2D eigenvalue weighted by Gasteiger charge is -2.05. The minimum atomic E-state index is 0.740. The Labute approximate surface area is 92.0 Å². The lowest BCUT2D eigenvalue weighted by atomic mass is 10.1. The van der Waals surface area contributed by atoms with Gasteiger partial charge in [-0.1, -0.05) is 36.4 Å². The standard InChI is InChI=1S/C13H19NO/c1-3-15-9-5-8-14-11-13-7-4-6-12(2)10-13/h3-4,6-7,10,14H,1,5,8-9,11H2,2H3. The molecule has 0 saturated carbocycles. The predicted octanol–water partition coefficient (Wildman–Crippen LogP) is 2.63. The van der Waals surface area contributed by atoms with E-state index in [1.54, 1.807) is 0 Å². The van der Waals surface area contributed by atoms with Gasteiger partial charge in [0.05, 0.1) is 12.9 Å². The van der Waals surface area contributed by atoms with Crippen molar-refractivity contribution in [3.63, 3.8) is 0 Å². The second-order valence-corrected chi connectivity index (χ2v) is 3.56. The Balaban J connectivity index is 2.12. The van der Waals surface area contributed by atoms with Crippen molar-refractivity contribution in [1.82, 2.24) is 5.32 Å². The smallest absolute Gasteiger partial charge is 0.0885 e. The van der Waals surface area contributed by atoms with E-state index in [1.807, 2.05) is 0 Å².